The topological polar surface area (TPSA) is 79.5 Å². The number of hydrogen-bond acceptors (Lipinski definition) is 5. The van der Waals surface area contributed by atoms with Gasteiger partial charge in [0.2, 0.25) is 11.8 Å². The summed E-state index contributed by atoms with van der Waals surface area (Å²) in [4.78, 5) is 19.9. The van der Waals surface area contributed by atoms with Crippen molar-refractivity contribution >= 4 is 27.5 Å². The molecule has 1 amide bonds. The number of carbonyl (C=O) groups is 1. The fourth-order valence-electron chi connectivity index (χ4n) is 6.24. The first-order valence-corrected chi connectivity index (χ1v) is 13.2. The Kier molecular flexibility index (Phi) is 5.91. The zero-order valence-corrected chi connectivity index (χ0v) is 22.2. The van der Waals surface area contributed by atoms with E-state index in [1.165, 1.54) is 0 Å². The van der Waals surface area contributed by atoms with Crippen molar-refractivity contribution in [2.75, 3.05) is 11.4 Å². The average molecular weight is 570 g/mol. The molecule has 1 heterocycles. The van der Waals surface area contributed by atoms with Gasteiger partial charge in [0.1, 0.15) is 0 Å². The Balaban J connectivity index is 1.39. The van der Waals surface area contributed by atoms with Crippen LogP contribution >= 0.6 is 15.9 Å². The zero-order chi connectivity index (χ0) is 26.1. The summed E-state index contributed by atoms with van der Waals surface area (Å²) in [6.45, 7) is 6.52. The highest BCUT2D eigenvalue weighted by atomic mass is 79.9. The summed E-state index contributed by atoms with van der Waals surface area (Å²) in [6, 6.07) is 7.27. The van der Waals surface area contributed by atoms with Crippen LogP contribution in [0.15, 0.2) is 33.3 Å². The number of nitrogens with zero attached hydrogens (tertiary/aromatic N) is 3. The maximum Gasteiger partial charge on any atom is 0.417 e. The summed E-state index contributed by atoms with van der Waals surface area (Å²) < 4.78 is 46.2. The number of alkyl halides is 3. The molecule has 2 aromatic rings. The molecule has 1 aromatic carbocycles. The first-order chi connectivity index (χ1) is 16.7. The van der Waals surface area contributed by atoms with Gasteiger partial charge in [-0.3, -0.25) is 4.79 Å². The molecule has 0 atom stereocenters. The summed E-state index contributed by atoms with van der Waals surface area (Å²) in [5.41, 5.74) is -2.78. The lowest BCUT2D eigenvalue weighted by Crippen LogP contribution is -2.59. The zero-order valence-electron chi connectivity index (χ0n) is 20.7. The number of hydrogen-bond donors (Lipinski definition) is 1. The highest BCUT2D eigenvalue weighted by Gasteiger charge is 2.64. The third kappa shape index (κ3) is 4.27. The molecular formula is C26H31BrF3N3O3. The van der Waals surface area contributed by atoms with E-state index in [2.05, 4.69) is 21.1 Å². The Bertz CT molecular complexity index is 1160. The fraction of sp³-hybridized carbons (Fsp3) is 0.654. The van der Waals surface area contributed by atoms with Gasteiger partial charge < -0.3 is 14.5 Å². The molecule has 10 heteroatoms. The van der Waals surface area contributed by atoms with Gasteiger partial charge in [0.05, 0.1) is 5.41 Å². The van der Waals surface area contributed by atoms with Crippen LogP contribution in [0.1, 0.15) is 77.4 Å². The smallest absolute Gasteiger partial charge is 0.380 e. The summed E-state index contributed by atoms with van der Waals surface area (Å²) in [5.74, 6) is 0.0872. The Hall–Kier alpha value is -1.94. The molecule has 3 aliphatic rings. The van der Waals surface area contributed by atoms with Crippen molar-refractivity contribution in [1.82, 2.24) is 10.1 Å². The van der Waals surface area contributed by atoms with Crippen molar-refractivity contribution in [2.24, 2.45) is 11.3 Å². The lowest BCUT2D eigenvalue weighted by molar-refractivity contribution is -0.295. The van der Waals surface area contributed by atoms with Crippen LogP contribution in [-0.2, 0) is 15.6 Å². The lowest BCUT2D eigenvalue weighted by atomic mass is 9.69. The van der Waals surface area contributed by atoms with Gasteiger partial charge in [-0.15, -0.1) is 0 Å². The summed E-state index contributed by atoms with van der Waals surface area (Å²) >= 11 is 3.45. The summed E-state index contributed by atoms with van der Waals surface area (Å²) in [5, 5.41) is 14.2. The second-order valence-electron chi connectivity index (χ2n) is 12.2. The molecule has 1 N–H and O–H groups in total. The van der Waals surface area contributed by atoms with Crippen molar-refractivity contribution in [1.29, 1.82) is 0 Å². The minimum absolute atomic E-state index is 0.182. The van der Waals surface area contributed by atoms with Gasteiger partial charge in [0.25, 0.3) is 0 Å². The predicted molar refractivity (Wildman–Crippen MR) is 130 cm³/mol. The van der Waals surface area contributed by atoms with Crippen LogP contribution in [-0.4, -0.2) is 39.5 Å². The van der Waals surface area contributed by atoms with Crippen molar-refractivity contribution < 1.29 is 27.6 Å². The number of rotatable bonds is 5. The molecule has 0 radical (unpaired) electrons. The van der Waals surface area contributed by atoms with Crippen LogP contribution in [0.2, 0.25) is 0 Å². The van der Waals surface area contributed by atoms with Gasteiger partial charge in [0, 0.05) is 28.0 Å². The van der Waals surface area contributed by atoms with E-state index in [1.54, 1.807) is 11.0 Å². The minimum atomic E-state index is -4.74. The van der Waals surface area contributed by atoms with Crippen LogP contribution in [0, 0.1) is 11.3 Å². The minimum Gasteiger partial charge on any atom is -0.380 e. The molecule has 3 saturated carbocycles. The van der Waals surface area contributed by atoms with Gasteiger partial charge >= 0.3 is 6.18 Å². The van der Waals surface area contributed by atoms with Gasteiger partial charge in [-0.25, -0.2) is 0 Å². The van der Waals surface area contributed by atoms with Crippen LogP contribution < -0.4 is 4.90 Å². The van der Waals surface area contributed by atoms with Crippen molar-refractivity contribution in [2.45, 2.75) is 88.3 Å². The first kappa shape index (κ1) is 25.7. The number of aliphatic hydroxyl groups is 1. The van der Waals surface area contributed by atoms with E-state index in [0.717, 1.165) is 36.6 Å². The first-order valence-electron chi connectivity index (χ1n) is 12.4. The molecule has 2 bridgehead atoms. The number of amides is 1. The Morgan fingerprint density at radius 1 is 1.19 bits per heavy atom. The van der Waals surface area contributed by atoms with E-state index in [0.29, 0.717) is 23.9 Å². The molecule has 0 unspecified atom stereocenters. The van der Waals surface area contributed by atoms with E-state index < -0.39 is 30.5 Å². The fourth-order valence-corrected chi connectivity index (χ4v) is 6.62. The molecule has 0 saturated heterocycles. The summed E-state index contributed by atoms with van der Waals surface area (Å²) in [7, 11) is 0. The van der Waals surface area contributed by atoms with Crippen LogP contribution in [0.3, 0.4) is 0 Å². The Morgan fingerprint density at radius 3 is 2.42 bits per heavy atom. The van der Waals surface area contributed by atoms with Crippen molar-refractivity contribution in [3.8, 4) is 0 Å². The molecule has 0 spiro atoms. The molecule has 1 aromatic heterocycles. The quantitative estimate of drug-likeness (QED) is 0.473. The average Bonchev–Trinajstić information content (AvgIpc) is 3.48. The van der Waals surface area contributed by atoms with Crippen LogP contribution in [0.5, 0.6) is 0 Å². The normalized spacial score (nSPS) is 31.9. The van der Waals surface area contributed by atoms with Crippen molar-refractivity contribution in [3.05, 3.63) is 40.5 Å². The number of fused-ring (bicyclic) bond motifs is 2. The standard InChI is InChI=1S/C26H31BrF3N3O3/c1-22(2,3)20-31-21(36-32-20)24-9-7-23(14-24,8-10-24)15-33(18-6-4-5-17(27)11-18)19(34)16-12-25(35,13-16)26(28,29)30/h4-6,11,16,35H,7-10,12-15H2,1-3H3. The van der Waals surface area contributed by atoms with E-state index in [9.17, 15) is 23.1 Å². The Labute approximate surface area is 216 Å². The molecule has 6 nitrogen and oxygen atoms in total. The number of carbonyl (C=O) groups excluding carboxylic acids is 1. The Morgan fingerprint density at radius 2 is 1.86 bits per heavy atom. The number of benzene rings is 1. The molecule has 3 aliphatic carbocycles. The van der Waals surface area contributed by atoms with Crippen LogP contribution in [0.4, 0.5) is 18.9 Å². The van der Waals surface area contributed by atoms with E-state index >= 15 is 0 Å². The SMILES string of the molecule is CC(C)(C)c1noc(C23CCC(CN(C(=O)C4CC(O)(C(F)(F)F)C4)c4cccc(Br)c4)(CC2)C3)n1. The lowest BCUT2D eigenvalue weighted by Gasteiger charge is -2.46. The molecule has 0 aliphatic heterocycles. The van der Waals surface area contributed by atoms with Crippen molar-refractivity contribution in [3.63, 3.8) is 0 Å². The monoisotopic (exact) mass is 569 g/mol. The summed E-state index contributed by atoms with van der Waals surface area (Å²) in [6.07, 6.45) is -1.67. The predicted octanol–water partition coefficient (Wildman–Crippen LogP) is 6.07. The number of aromatic nitrogens is 2. The van der Waals surface area contributed by atoms with E-state index in [4.69, 9.17) is 9.51 Å². The van der Waals surface area contributed by atoms with Gasteiger partial charge in [-0.2, -0.15) is 18.2 Å². The largest absolute Gasteiger partial charge is 0.417 e. The third-order valence-corrected chi connectivity index (χ3v) is 8.95. The van der Waals surface area contributed by atoms with Crippen LogP contribution in [0.25, 0.3) is 0 Å². The van der Waals surface area contributed by atoms with E-state index in [1.807, 2.05) is 39.0 Å². The second kappa shape index (κ2) is 8.28. The van der Waals surface area contributed by atoms with E-state index in [-0.39, 0.29) is 22.2 Å². The highest BCUT2D eigenvalue weighted by molar-refractivity contribution is 9.10. The molecule has 196 valence electrons. The number of halogens is 4. The maximum atomic E-state index is 13.6. The second-order valence-corrected chi connectivity index (χ2v) is 13.1. The molecule has 5 rings (SSSR count). The number of anilines is 1. The maximum absolute atomic E-state index is 13.6. The van der Waals surface area contributed by atoms with Gasteiger partial charge in [-0.05, 0) is 68.6 Å². The molecular weight excluding hydrogens is 539 g/mol. The van der Waals surface area contributed by atoms with Gasteiger partial charge in [0.15, 0.2) is 11.4 Å². The highest BCUT2D eigenvalue weighted by Crippen LogP contribution is 2.62. The molecule has 36 heavy (non-hydrogen) atoms. The third-order valence-electron chi connectivity index (χ3n) is 8.46. The molecule has 3 fully saturated rings. The van der Waals surface area contributed by atoms with Gasteiger partial charge in [-0.1, -0.05) is 47.9 Å².